The van der Waals surface area contributed by atoms with Crippen LogP contribution in [0.2, 0.25) is 0 Å². The summed E-state index contributed by atoms with van der Waals surface area (Å²) in [6.07, 6.45) is 0. The third-order valence-electron chi connectivity index (χ3n) is 6.16. The van der Waals surface area contributed by atoms with Crippen molar-refractivity contribution in [2.75, 3.05) is 12.0 Å². The predicted molar refractivity (Wildman–Crippen MR) is 132 cm³/mol. The summed E-state index contributed by atoms with van der Waals surface area (Å²) in [6, 6.07) is 29.8. The largest absolute Gasteiger partial charge is 0.497 e. The van der Waals surface area contributed by atoms with E-state index in [1.165, 1.54) is 0 Å². The number of ether oxygens (including phenoxy) is 2. The highest BCUT2D eigenvalue weighted by molar-refractivity contribution is 6.11. The Morgan fingerprint density at radius 3 is 2.03 bits per heavy atom. The average Bonchev–Trinajstić information content (AvgIpc) is 2.90. The van der Waals surface area contributed by atoms with Crippen molar-refractivity contribution >= 4 is 17.6 Å². The molecule has 0 fully saturated rings. The molecule has 1 amide bonds. The van der Waals surface area contributed by atoms with Gasteiger partial charge in [0.2, 0.25) is 0 Å². The fraction of sp³-hybridized carbons (Fsp3) is 0.103. The fourth-order valence-electron chi connectivity index (χ4n) is 4.53. The quantitative estimate of drug-likeness (QED) is 0.375. The van der Waals surface area contributed by atoms with Crippen molar-refractivity contribution in [1.29, 1.82) is 0 Å². The van der Waals surface area contributed by atoms with E-state index in [0.29, 0.717) is 39.6 Å². The summed E-state index contributed by atoms with van der Waals surface area (Å²) in [7, 11) is 1.57. The number of aliphatic carboxylic acids is 1. The molecule has 6 heteroatoms. The van der Waals surface area contributed by atoms with Gasteiger partial charge in [-0.3, -0.25) is 14.5 Å². The molecule has 0 aliphatic carbocycles. The second kappa shape index (κ2) is 9.35. The molecule has 1 heterocycles. The third kappa shape index (κ3) is 4.22. The first-order valence-corrected chi connectivity index (χ1v) is 11.2. The Kier molecular flexibility index (Phi) is 5.94. The number of carbonyl (C=O) groups is 2. The lowest BCUT2D eigenvalue weighted by Gasteiger charge is -2.40. The number of carbonyl (C=O) groups excluding carboxylic acids is 1. The monoisotopic (exact) mass is 465 g/mol. The molecule has 4 aromatic carbocycles. The van der Waals surface area contributed by atoms with Crippen molar-refractivity contribution in [3.8, 4) is 17.2 Å². The Morgan fingerprint density at radius 1 is 0.771 bits per heavy atom. The molecule has 0 unspecified atom stereocenters. The van der Waals surface area contributed by atoms with Crippen molar-refractivity contribution in [3.63, 3.8) is 0 Å². The number of anilines is 1. The standard InChI is InChI=1S/C29H23NO5/c1-34-21-15-11-19(12-16-21)27-26(29(32)33)24-9-5-6-10-25(24)28(31)30(27)20-13-17-23(18-14-20)35-22-7-3-2-4-8-22/h2-18,26-27H,1H3,(H,32,33)/t26-,27+/m0/s1. The molecule has 0 bridgehead atoms. The molecule has 1 N–H and O–H groups in total. The molecule has 0 aromatic heterocycles. The van der Waals surface area contributed by atoms with Crippen molar-refractivity contribution in [3.05, 3.63) is 120 Å². The van der Waals surface area contributed by atoms with E-state index in [9.17, 15) is 14.7 Å². The average molecular weight is 466 g/mol. The SMILES string of the molecule is COc1ccc([C@@H]2[C@@H](C(=O)O)c3ccccc3C(=O)N2c2ccc(Oc3ccccc3)cc2)cc1. The molecule has 174 valence electrons. The normalized spacial score (nSPS) is 16.9. The highest BCUT2D eigenvalue weighted by Crippen LogP contribution is 2.45. The van der Waals surface area contributed by atoms with Crippen LogP contribution in [0.15, 0.2) is 103 Å². The van der Waals surface area contributed by atoms with E-state index in [1.54, 1.807) is 84.8 Å². The van der Waals surface area contributed by atoms with E-state index in [-0.39, 0.29) is 5.91 Å². The molecule has 1 aliphatic rings. The Balaban J connectivity index is 1.60. The van der Waals surface area contributed by atoms with E-state index < -0.39 is 17.9 Å². The van der Waals surface area contributed by atoms with Crippen LogP contribution >= 0.6 is 0 Å². The zero-order valence-electron chi connectivity index (χ0n) is 19.0. The van der Waals surface area contributed by atoms with Crippen LogP contribution in [0.3, 0.4) is 0 Å². The number of benzene rings is 4. The number of hydrogen-bond acceptors (Lipinski definition) is 4. The maximum absolute atomic E-state index is 13.7. The van der Waals surface area contributed by atoms with Crippen molar-refractivity contribution < 1.29 is 24.2 Å². The number of nitrogens with zero attached hydrogens (tertiary/aromatic N) is 1. The molecule has 0 spiro atoms. The van der Waals surface area contributed by atoms with Gasteiger partial charge in [0.15, 0.2) is 0 Å². The summed E-state index contributed by atoms with van der Waals surface area (Å²) in [5.74, 6) is -0.240. The molecule has 6 nitrogen and oxygen atoms in total. The second-order valence-electron chi connectivity index (χ2n) is 8.21. The van der Waals surface area contributed by atoms with Gasteiger partial charge in [-0.15, -0.1) is 0 Å². The van der Waals surface area contributed by atoms with Gasteiger partial charge in [-0.25, -0.2) is 0 Å². The van der Waals surface area contributed by atoms with Crippen molar-refractivity contribution in [2.24, 2.45) is 0 Å². The number of methoxy groups -OCH3 is 1. The van der Waals surface area contributed by atoms with E-state index in [0.717, 1.165) is 0 Å². The smallest absolute Gasteiger partial charge is 0.313 e. The molecular weight excluding hydrogens is 442 g/mol. The third-order valence-corrected chi connectivity index (χ3v) is 6.16. The molecule has 0 radical (unpaired) electrons. The lowest BCUT2D eigenvalue weighted by Crippen LogP contribution is -2.45. The maximum Gasteiger partial charge on any atom is 0.313 e. The van der Waals surface area contributed by atoms with Crippen LogP contribution in [0.25, 0.3) is 0 Å². The molecular formula is C29H23NO5. The highest BCUT2D eigenvalue weighted by Gasteiger charge is 2.45. The van der Waals surface area contributed by atoms with Gasteiger partial charge in [-0.05, 0) is 65.7 Å². The fourth-order valence-corrected chi connectivity index (χ4v) is 4.53. The van der Waals surface area contributed by atoms with Crippen LogP contribution in [0.5, 0.6) is 17.2 Å². The van der Waals surface area contributed by atoms with Gasteiger partial charge in [-0.1, -0.05) is 48.5 Å². The van der Waals surface area contributed by atoms with E-state index in [4.69, 9.17) is 9.47 Å². The Labute approximate surface area is 203 Å². The summed E-state index contributed by atoms with van der Waals surface area (Å²) in [4.78, 5) is 27.9. The maximum atomic E-state index is 13.7. The molecule has 4 aromatic rings. The number of fused-ring (bicyclic) bond motifs is 1. The van der Waals surface area contributed by atoms with Crippen LogP contribution in [0, 0.1) is 0 Å². The summed E-state index contributed by atoms with van der Waals surface area (Å²) < 4.78 is 11.2. The predicted octanol–water partition coefficient (Wildman–Crippen LogP) is 6.06. The van der Waals surface area contributed by atoms with Crippen LogP contribution in [0.4, 0.5) is 5.69 Å². The van der Waals surface area contributed by atoms with Crippen LogP contribution in [0.1, 0.15) is 33.4 Å². The van der Waals surface area contributed by atoms with Crippen LogP contribution < -0.4 is 14.4 Å². The van der Waals surface area contributed by atoms with Gasteiger partial charge in [0, 0.05) is 11.3 Å². The first-order valence-electron chi connectivity index (χ1n) is 11.2. The summed E-state index contributed by atoms with van der Waals surface area (Å²) in [6.45, 7) is 0. The topological polar surface area (TPSA) is 76.1 Å². The molecule has 35 heavy (non-hydrogen) atoms. The minimum atomic E-state index is -1.00. The van der Waals surface area contributed by atoms with Gasteiger partial charge < -0.3 is 14.6 Å². The zero-order valence-corrected chi connectivity index (χ0v) is 19.0. The first-order chi connectivity index (χ1) is 17.1. The number of carboxylic acids is 1. The molecule has 1 aliphatic heterocycles. The van der Waals surface area contributed by atoms with Gasteiger partial charge in [0.1, 0.15) is 23.2 Å². The minimum Gasteiger partial charge on any atom is -0.497 e. The lowest BCUT2D eigenvalue weighted by molar-refractivity contribution is -0.139. The second-order valence-corrected chi connectivity index (χ2v) is 8.21. The van der Waals surface area contributed by atoms with Crippen LogP contribution in [-0.4, -0.2) is 24.1 Å². The summed E-state index contributed by atoms with van der Waals surface area (Å²) in [5.41, 5.74) is 2.17. The zero-order chi connectivity index (χ0) is 24.4. The van der Waals surface area contributed by atoms with Gasteiger partial charge >= 0.3 is 5.97 Å². The highest BCUT2D eigenvalue weighted by atomic mass is 16.5. The Morgan fingerprint density at radius 2 is 1.37 bits per heavy atom. The van der Waals surface area contributed by atoms with E-state index in [1.807, 2.05) is 30.3 Å². The molecule has 0 saturated carbocycles. The number of amides is 1. The van der Waals surface area contributed by atoms with Crippen molar-refractivity contribution in [1.82, 2.24) is 0 Å². The number of rotatable bonds is 6. The van der Waals surface area contributed by atoms with E-state index in [2.05, 4.69) is 0 Å². The Bertz CT molecular complexity index is 1350. The van der Waals surface area contributed by atoms with Crippen LogP contribution in [-0.2, 0) is 4.79 Å². The minimum absolute atomic E-state index is 0.254. The molecule has 5 rings (SSSR count). The van der Waals surface area contributed by atoms with Gasteiger partial charge in [0.05, 0.1) is 13.2 Å². The summed E-state index contributed by atoms with van der Waals surface area (Å²) in [5, 5.41) is 10.3. The van der Waals surface area contributed by atoms with Gasteiger partial charge in [0.25, 0.3) is 5.91 Å². The lowest BCUT2D eigenvalue weighted by atomic mass is 9.79. The number of carboxylic acid groups (broad SMARTS) is 1. The molecule has 0 saturated heterocycles. The first kappa shape index (κ1) is 22.2. The van der Waals surface area contributed by atoms with Gasteiger partial charge in [-0.2, -0.15) is 0 Å². The molecule has 2 atom stereocenters. The van der Waals surface area contributed by atoms with E-state index >= 15 is 0 Å². The number of para-hydroxylation sites is 1. The Hall–Kier alpha value is -4.58. The summed E-state index contributed by atoms with van der Waals surface area (Å²) >= 11 is 0. The van der Waals surface area contributed by atoms with Crippen molar-refractivity contribution in [2.45, 2.75) is 12.0 Å². The number of hydrogen-bond donors (Lipinski definition) is 1.